The van der Waals surface area contributed by atoms with Crippen LogP contribution in [0.15, 0.2) is 35.3 Å². The number of ether oxygens (including phenoxy) is 1. The van der Waals surface area contributed by atoms with Crippen LogP contribution < -0.4 is 20.7 Å². The molecule has 1 heterocycles. The van der Waals surface area contributed by atoms with Crippen LogP contribution >= 0.6 is 0 Å². The van der Waals surface area contributed by atoms with E-state index in [-0.39, 0.29) is 12.0 Å². The Morgan fingerprint density at radius 3 is 2.55 bits per heavy atom. The molecule has 162 valence electrons. The van der Waals surface area contributed by atoms with Gasteiger partial charge in [0.25, 0.3) is 0 Å². The highest BCUT2D eigenvalue weighted by molar-refractivity contribution is 5.80. The number of nitrogens with zero attached hydrogens (tertiary/aromatic N) is 2. The van der Waals surface area contributed by atoms with Crippen molar-refractivity contribution in [1.82, 2.24) is 20.9 Å². The lowest BCUT2D eigenvalue weighted by Crippen LogP contribution is -2.51. The first-order valence-electron chi connectivity index (χ1n) is 10.8. The number of likely N-dealkylation sites (tertiary alicyclic amines) is 1. The molecule has 0 radical (unpaired) electrons. The Hall–Kier alpha value is -2.28. The van der Waals surface area contributed by atoms with Crippen LogP contribution in [-0.2, 0) is 4.79 Å². The number of piperidine rings is 1. The molecule has 1 aliphatic heterocycles. The van der Waals surface area contributed by atoms with Gasteiger partial charge in [-0.2, -0.15) is 0 Å². The zero-order valence-electron chi connectivity index (χ0n) is 18.1. The van der Waals surface area contributed by atoms with Crippen LogP contribution in [0, 0.1) is 0 Å². The summed E-state index contributed by atoms with van der Waals surface area (Å²) in [5.74, 6) is 1.82. The van der Waals surface area contributed by atoms with Crippen LogP contribution in [0.4, 0.5) is 0 Å². The molecule has 0 aliphatic carbocycles. The molecule has 0 aromatic heterocycles. The fourth-order valence-electron chi connectivity index (χ4n) is 3.32. The van der Waals surface area contributed by atoms with Gasteiger partial charge in [0, 0.05) is 32.7 Å². The molecule has 1 amide bonds. The maximum absolute atomic E-state index is 11.9. The van der Waals surface area contributed by atoms with E-state index in [0.29, 0.717) is 19.1 Å². The van der Waals surface area contributed by atoms with Gasteiger partial charge in [0.15, 0.2) is 5.96 Å². The number of hydrogen-bond donors (Lipinski definition) is 3. The van der Waals surface area contributed by atoms with Gasteiger partial charge < -0.3 is 20.7 Å². The number of guanidine groups is 1. The van der Waals surface area contributed by atoms with Gasteiger partial charge in [0.1, 0.15) is 11.9 Å². The summed E-state index contributed by atoms with van der Waals surface area (Å²) in [6, 6.07) is 10.3. The molecular weight excluding hydrogens is 366 g/mol. The van der Waals surface area contributed by atoms with Crippen LogP contribution in [0.1, 0.15) is 39.5 Å². The minimum atomic E-state index is 0.0828. The van der Waals surface area contributed by atoms with Crippen LogP contribution in [0.2, 0.25) is 0 Å². The minimum Gasteiger partial charge on any atom is -0.489 e. The molecular formula is C22H37N5O2. The molecule has 7 nitrogen and oxygen atoms in total. The van der Waals surface area contributed by atoms with Crippen molar-refractivity contribution in [3.05, 3.63) is 30.3 Å². The third kappa shape index (κ3) is 8.73. The van der Waals surface area contributed by atoms with Gasteiger partial charge >= 0.3 is 0 Å². The van der Waals surface area contributed by atoms with E-state index in [9.17, 15) is 4.79 Å². The molecule has 1 saturated heterocycles. The van der Waals surface area contributed by atoms with Crippen molar-refractivity contribution in [1.29, 1.82) is 0 Å². The first-order valence-corrected chi connectivity index (χ1v) is 10.8. The zero-order valence-corrected chi connectivity index (χ0v) is 18.1. The molecule has 0 saturated carbocycles. The number of hydrogen-bond acceptors (Lipinski definition) is 4. The summed E-state index contributed by atoms with van der Waals surface area (Å²) in [4.78, 5) is 18.5. The third-order valence-electron chi connectivity index (χ3n) is 5.09. The Bertz CT molecular complexity index is 615. The third-order valence-corrected chi connectivity index (χ3v) is 5.09. The molecule has 29 heavy (non-hydrogen) atoms. The number of aliphatic imine (C=N–C) groups is 1. The van der Waals surface area contributed by atoms with E-state index in [1.54, 1.807) is 7.05 Å². The molecule has 0 spiro atoms. The molecule has 2 rings (SSSR count). The standard InChI is InChI=1S/C22H37N5O2/c1-4-13-24-21(28)17-27-14-11-18(12-15-27)26-22(23-3)25-16-19(5-2)29-20-9-7-6-8-10-20/h6-10,18-19H,4-5,11-17H2,1-3H3,(H,24,28)(H2,23,25,26). The summed E-state index contributed by atoms with van der Waals surface area (Å²) >= 11 is 0. The zero-order chi connectivity index (χ0) is 20.9. The van der Waals surface area contributed by atoms with E-state index < -0.39 is 0 Å². The Morgan fingerprint density at radius 1 is 1.21 bits per heavy atom. The summed E-state index contributed by atoms with van der Waals surface area (Å²) in [6.45, 7) is 7.97. The van der Waals surface area contributed by atoms with Crippen LogP contribution in [0.5, 0.6) is 5.75 Å². The second kappa shape index (κ2) is 13.0. The molecule has 7 heteroatoms. The Kier molecular flexibility index (Phi) is 10.3. The van der Waals surface area contributed by atoms with E-state index in [1.165, 1.54) is 0 Å². The van der Waals surface area contributed by atoms with E-state index >= 15 is 0 Å². The summed E-state index contributed by atoms with van der Waals surface area (Å²) in [5, 5.41) is 9.85. The highest BCUT2D eigenvalue weighted by Crippen LogP contribution is 2.12. The SMILES string of the molecule is CCCNC(=O)CN1CCC(NC(=NC)NCC(CC)Oc2ccccc2)CC1. The number of amides is 1. The number of rotatable bonds is 10. The molecule has 1 aromatic carbocycles. The Morgan fingerprint density at radius 2 is 1.93 bits per heavy atom. The molecule has 1 unspecified atom stereocenters. The molecule has 1 atom stereocenters. The number of carbonyl (C=O) groups is 1. The molecule has 1 aromatic rings. The summed E-state index contributed by atoms with van der Waals surface area (Å²) in [6.07, 6.45) is 3.97. The first-order chi connectivity index (χ1) is 14.1. The van der Waals surface area contributed by atoms with E-state index in [0.717, 1.165) is 57.0 Å². The molecule has 3 N–H and O–H groups in total. The van der Waals surface area contributed by atoms with Crippen molar-refractivity contribution in [2.75, 3.05) is 39.8 Å². The highest BCUT2D eigenvalue weighted by Gasteiger charge is 2.21. The normalized spacial score (nSPS) is 16.9. The Balaban J connectivity index is 1.70. The topological polar surface area (TPSA) is 78.0 Å². The van der Waals surface area contributed by atoms with Crippen LogP contribution in [-0.4, -0.2) is 68.7 Å². The molecule has 1 fully saturated rings. The second-order valence-electron chi connectivity index (χ2n) is 7.46. The fourth-order valence-corrected chi connectivity index (χ4v) is 3.32. The van der Waals surface area contributed by atoms with Crippen molar-refractivity contribution in [2.24, 2.45) is 4.99 Å². The highest BCUT2D eigenvalue weighted by atomic mass is 16.5. The van der Waals surface area contributed by atoms with Crippen molar-refractivity contribution in [3.8, 4) is 5.75 Å². The summed E-state index contributed by atoms with van der Waals surface area (Å²) in [5.41, 5.74) is 0. The van der Waals surface area contributed by atoms with Crippen molar-refractivity contribution >= 4 is 11.9 Å². The van der Waals surface area contributed by atoms with Crippen LogP contribution in [0.25, 0.3) is 0 Å². The summed E-state index contributed by atoms with van der Waals surface area (Å²) < 4.78 is 6.04. The first kappa shape index (κ1) is 23.0. The van der Waals surface area contributed by atoms with Gasteiger partial charge in [-0.05, 0) is 37.8 Å². The summed E-state index contributed by atoms with van der Waals surface area (Å²) in [7, 11) is 1.79. The smallest absolute Gasteiger partial charge is 0.234 e. The van der Waals surface area contributed by atoms with Crippen molar-refractivity contribution in [2.45, 2.75) is 51.7 Å². The maximum Gasteiger partial charge on any atom is 0.234 e. The average molecular weight is 404 g/mol. The van der Waals surface area contributed by atoms with Gasteiger partial charge in [0.2, 0.25) is 5.91 Å². The van der Waals surface area contributed by atoms with E-state index in [4.69, 9.17) is 4.74 Å². The number of nitrogens with one attached hydrogen (secondary N) is 3. The number of para-hydroxylation sites is 1. The molecule has 1 aliphatic rings. The van der Waals surface area contributed by atoms with E-state index in [1.807, 2.05) is 30.3 Å². The van der Waals surface area contributed by atoms with Gasteiger partial charge in [-0.1, -0.05) is 32.0 Å². The van der Waals surface area contributed by atoms with Gasteiger partial charge in [-0.15, -0.1) is 0 Å². The van der Waals surface area contributed by atoms with E-state index in [2.05, 4.69) is 39.7 Å². The number of benzene rings is 1. The minimum absolute atomic E-state index is 0.0828. The largest absolute Gasteiger partial charge is 0.489 e. The van der Waals surface area contributed by atoms with Gasteiger partial charge in [0.05, 0.1) is 13.1 Å². The molecule has 0 bridgehead atoms. The maximum atomic E-state index is 11.9. The van der Waals surface area contributed by atoms with Gasteiger partial charge in [-0.3, -0.25) is 14.7 Å². The monoisotopic (exact) mass is 403 g/mol. The second-order valence-corrected chi connectivity index (χ2v) is 7.46. The van der Waals surface area contributed by atoms with Crippen LogP contribution in [0.3, 0.4) is 0 Å². The fraction of sp³-hybridized carbons (Fsp3) is 0.636. The van der Waals surface area contributed by atoms with Crippen molar-refractivity contribution in [3.63, 3.8) is 0 Å². The predicted octanol–water partition coefficient (Wildman–Crippen LogP) is 2.00. The predicted molar refractivity (Wildman–Crippen MR) is 118 cm³/mol. The number of carbonyl (C=O) groups excluding carboxylic acids is 1. The van der Waals surface area contributed by atoms with Gasteiger partial charge in [-0.25, -0.2) is 0 Å². The Labute approximate surface area is 175 Å². The lowest BCUT2D eigenvalue weighted by molar-refractivity contribution is -0.122. The lowest BCUT2D eigenvalue weighted by Gasteiger charge is -2.32. The van der Waals surface area contributed by atoms with Crippen molar-refractivity contribution < 1.29 is 9.53 Å². The quantitative estimate of drug-likeness (QED) is 0.411. The average Bonchev–Trinajstić information content (AvgIpc) is 2.76. The lowest BCUT2D eigenvalue weighted by atomic mass is 10.1.